The number of Topliss-reactive ketones (excluding diaryl/α,β-unsaturated/α-hetero) is 1. The Bertz CT molecular complexity index is 527. The predicted octanol–water partition coefficient (Wildman–Crippen LogP) is 3.47. The number of aromatic nitrogens is 1. The summed E-state index contributed by atoms with van der Waals surface area (Å²) in [5, 5.41) is 1.71. The zero-order chi connectivity index (χ0) is 10.8. The minimum Gasteiger partial charge on any atom is -0.293 e. The van der Waals surface area contributed by atoms with Crippen molar-refractivity contribution in [2.75, 3.05) is 5.33 Å². The van der Waals surface area contributed by atoms with Gasteiger partial charge in [0.15, 0.2) is 5.78 Å². The van der Waals surface area contributed by atoms with E-state index in [4.69, 9.17) is 11.6 Å². The molecule has 0 aliphatic rings. The molecule has 1 aromatic carbocycles. The van der Waals surface area contributed by atoms with Crippen LogP contribution in [0, 0.1) is 0 Å². The van der Waals surface area contributed by atoms with Gasteiger partial charge in [0.05, 0.1) is 10.8 Å². The maximum absolute atomic E-state index is 11.6. The van der Waals surface area contributed by atoms with E-state index >= 15 is 0 Å². The van der Waals surface area contributed by atoms with Crippen LogP contribution in [0.25, 0.3) is 10.9 Å². The Hall–Kier alpha value is -0.930. The molecule has 2 nitrogen and oxygen atoms in total. The molecular weight excluding hydrogens is 277 g/mol. The first-order valence-electron chi connectivity index (χ1n) is 4.36. The summed E-state index contributed by atoms with van der Waals surface area (Å²) >= 11 is 9.04. The fourth-order valence-corrected chi connectivity index (χ4v) is 1.91. The lowest BCUT2D eigenvalue weighted by atomic mass is 10.1. The number of hydrogen-bond donors (Lipinski definition) is 0. The molecular formula is C11H7BrClNO. The van der Waals surface area contributed by atoms with Gasteiger partial charge in [-0.25, -0.2) is 0 Å². The molecule has 0 spiro atoms. The monoisotopic (exact) mass is 283 g/mol. The molecule has 15 heavy (non-hydrogen) atoms. The Balaban J connectivity index is 2.74. The lowest BCUT2D eigenvalue weighted by Crippen LogP contribution is -2.01. The number of carbonyl (C=O) groups excluding carboxylic acids is 1. The largest absolute Gasteiger partial charge is 0.293 e. The van der Waals surface area contributed by atoms with Gasteiger partial charge < -0.3 is 0 Å². The predicted molar refractivity (Wildman–Crippen MR) is 64.9 cm³/mol. The third-order valence-corrected chi connectivity index (χ3v) is 2.87. The molecule has 0 saturated heterocycles. The molecule has 0 fully saturated rings. The summed E-state index contributed by atoms with van der Waals surface area (Å²) in [6.07, 6.45) is 1.63. The molecule has 0 bridgehead atoms. The van der Waals surface area contributed by atoms with Crippen LogP contribution in [-0.2, 0) is 0 Å². The molecule has 0 aliphatic carbocycles. The van der Waals surface area contributed by atoms with Crippen molar-refractivity contribution >= 4 is 44.2 Å². The van der Waals surface area contributed by atoms with E-state index in [9.17, 15) is 4.79 Å². The van der Waals surface area contributed by atoms with Crippen molar-refractivity contribution in [3.8, 4) is 0 Å². The second-order valence-electron chi connectivity index (χ2n) is 3.08. The van der Waals surface area contributed by atoms with E-state index in [-0.39, 0.29) is 5.78 Å². The first kappa shape index (κ1) is 10.6. The summed E-state index contributed by atoms with van der Waals surface area (Å²) < 4.78 is 0. The summed E-state index contributed by atoms with van der Waals surface area (Å²) in [7, 11) is 0. The lowest BCUT2D eigenvalue weighted by Gasteiger charge is -2.03. The molecule has 0 N–H and O–H groups in total. The SMILES string of the molecule is O=C(CBr)c1ccnc2ccc(Cl)cc12. The number of pyridine rings is 1. The van der Waals surface area contributed by atoms with Gasteiger partial charge in [0, 0.05) is 22.2 Å². The van der Waals surface area contributed by atoms with Crippen LogP contribution in [0.5, 0.6) is 0 Å². The molecule has 0 saturated carbocycles. The molecule has 1 aromatic heterocycles. The van der Waals surface area contributed by atoms with Gasteiger partial charge in [-0.15, -0.1) is 0 Å². The molecule has 0 amide bonds. The van der Waals surface area contributed by atoms with Gasteiger partial charge in [-0.1, -0.05) is 27.5 Å². The third kappa shape index (κ3) is 2.03. The van der Waals surface area contributed by atoms with Crippen molar-refractivity contribution in [3.63, 3.8) is 0 Å². The zero-order valence-electron chi connectivity index (χ0n) is 7.71. The average molecular weight is 285 g/mol. The number of hydrogen-bond acceptors (Lipinski definition) is 2. The number of alkyl halides is 1. The highest BCUT2D eigenvalue weighted by Crippen LogP contribution is 2.21. The highest BCUT2D eigenvalue weighted by molar-refractivity contribution is 9.09. The number of carbonyl (C=O) groups is 1. The smallest absolute Gasteiger partial charge is 0.174 e. The molecule has 1 heterocycles. The van der Waals surface area contributed by atoms with Crippen LogP contribution < -0.4 is 0 Å². The van der Waals surface area contributed by atoms with E-state index in [0.717, 1.165) is 10.9 Å². The molecule has 4 heteroatoms. The van der Waals surface area contributed by atoms with Gasteiger partial charge in [0.2, 0.25) is 0 Å². The molecule has 0 radical (unpaired) electrons. The van der Waals surface area contributed by atoms with Crippen LogP contribution in [0.4, 0.5) is 0 Å². The summed E-state index contributed by atoms with van der Waals surface area (Å²) in [5.41, 5.74) is 1.44. The summed E-state index contributed by atoms with van der Waals surface area (Å²) in [5.74, 6) is 0.0321. The summed E-state index contributed by atoms with van der Waals surface area (Å²) in [6.45, 7) is 0. The molecule has 76 valence electrons. The Labute approximate surface area is 100 Å². The molecule has 2 aromatic rings. The number of nitrogens with zero attached hydrogens (tertiary/aromatic N) is 1. The molecule has 0 unspecified atom stereocenters. The van der Waals surface area contributed by atoms with E-state index in [1.54, 1.807) is 24.4 Å². The highest BCUT2D eigenvalue weighted by Gasteiger charge is 2.09. The van der Waals surface area contributed by atoms with Crippen LogP contribution in [0.15, 0.2) is 30.5 Å². The van der Waals surface area contributed by atoms with E-state index in [1.165, 1.54) is 0 Å². The Morgan fingerprint density at radius 1 is 1.40 bits per heavy atom. The number of benzene rings is 1. The standard InChI is InChI=1S/C11H7BrClNO/c12-6-11(15)8-3-4-14-10-2-1-7(13)5-9(8)10/h1-5H,6H2. The average Bonchev–Trinajstić information content (AvgIpc) is 2.27. The Morgan fingerprint density at radius 3 is 2.93 bits per heavy atom. The quantitative estimate of drug-likeness (QED) is 0.624. The second-order valence-corrected chi connectivity index (χ2v) is 4.07. The van der Waals surface area contributed by atoms with Crippen LogP contribution in [0.1, 0.15) is 10.4 Å². The minimum absolute atomic E-state index is 0.0321. The second kappa shape index (κ2) is 4.29. The fourth-order valence-electron chi connectivity index (χ4n) is 1.43. The van der Waals surface area contributed by atoms with Gasteiger partial charge in [0.1, 0.15) is 0 Å². The molecule has 0 atom stereocenters. The van der Waals surface area contributed by atoms with E-state index in [0.29, 0.717) is 15.9 Å². The molecule has 2 rings (SSSR count). The number of rotatable bonds is 2. The van der Waals surface area contributed by atoms with Crippen LogP contribution >= 0.6 is 27.5 Å². The number of halogens is 2. The van der Waals surface area contributed by atoms with Crippen molar-refractivity contribution in [2.24, 2.45) is 0 Å². The van der Waals surface area contributed by atoms with Crippen LogP contribution in [-0.4, -0.2) is 16.1 Å². The van der Waals surface area contributed by atoms with Crippen molar-refractivity contribution < 1.29 is 4.79 Å². The zero-order valence-corrected chi connectivity index (χ0v) is 10.0. The van der Waals surface area contributed by atoms with E-state index in [2.05, 4.69) is 20.9 Å². The Morgan fingerprint density at radius 2 is 2.20 bits per heavy atom. The van der Waals surface area contributed by atoms with Gasteiger partial charge in [-0.05, 0) is 24.3 Å². The number of ketones is 1. The maximum Gasteiger partial charge on any atom is 0.174 e. The highest BCUT2D eigenvalue weighted by atomic mass is 79.9. The van der Waals surface area contributed by atoms with Crippen molar-refractivity contribution in [1.82, 2.24) is 4.98 Å². The van der Waals surface area contributed by atoms with Crippen molar-refractivity contribution in [2.45, 2.75) is 0 Å². The summed E-state index contributed by atoms with van der Waals surface area (Å²) in [6, 6.07) is 7.05. The summed E-state index contributed by atoms with van der Waals surface area (Å²) in [4.78, 5) is 15.8. The first-order chi connectivity index (χ1) is 7.22. The third-order valence-electron chi connectivity index (χ3n) is 2.13. The maximum atomic E-state index is 11.6. The van der Waals surface area contributed by atoms with E-state index < -0.39 is 0 Å². The minimum atomic E-state index is 0.0321. The van der Waals surface area contributed by atoms with Gasteiger partial charge in [-0.3, -0.25) is 9.78 Å². The topological polar surface area (TPSA) is 30.0 Å². The van der Waals surface area contributed by atoms with Crippen LogP contribution in [0.3, 0.4) is 0 Å². The van der Waals surface area contributed by atoms with Gasteiger partial charge >= 0.3 is 0 Å². The van der Waals surface area contributed by atoms with Crippen LogP contribution in [0.2, 0.25) is 5.02 Å². The normalized spacial score (nSPS) is 10.5. The van der Waals surface area contributed by atoms with Crippen molar-refractivity contribution in [1.29, 1.82) is 0 Å². The van der Waals surface area contributed by atoms with Gasteiger partial charge in [-0.2, -0.15) is 0 Å². The Kier molecular flexibility index (Phi) is 3.03. The molecule has 0 aliphatic heterocycles. The van der Waals surface area contributed by atoms with E-state index in [1.807, 2.05) is 6.07 Å². The van der Waals surface area contributed by atoms with Gasteiger partial charge in [0.25, 0.3) is 0 Å². The fraction of sp³-hybridized carbons (Fsp3) is 0.0909. The lowest BCUT2D eigenvalue weighted by molar-refractivity contribution is 0.102. The van der Waals surface area contributed by atoms with Crippen molar-refractivity contribution in [3.05, 3.63) is 41.0 Å². The first-order valence-corrected chi connectivity index (χ1v) is 5.86. The number of fused-ring (bicyclic) bond motifs is 1.